The van der Waals surface area contributed by atoms with Gasteiger partial charge in [0.1, 0.15) is 29.8 Å². The zero-order valence-electron chi connectivity index (χ0n) is 26.4. The highest BCUT2D eigenvalue weighted by Gasteiger charge is 2.35. The SMILES string of the molecule is CC[C@@H](C(=O)NC1CCCCC1)N(Cc1cccc(OC)c1)C(=O)CN(c1cc(OC)ccc1OC)S(=O)(=O)c1ccccc1. The van der Waals surface area contributed by atoms with Gasteiger partial charge in [-0.25, -0.2) is 8.42 Å². The van der Waals surface area contributed by atoms with E-state index in [1.165, 1.54) is 37.3 Å². The van der Waals surface area contributed by atoms with Crippen LogP contribution in [0.1, 0.15) is 51.0 Å². The Kier molecular flexibility index (Phi) is 11.7. The molecule has 0 aliphatic heterocycles. The molecule has 45 heavy (non-hydrogen) atoms. The molecule has 2 amide bonds. The molecule has 0 aromatic heterocycles. The molecule has 0 heterocycles. The highest BCUT2D eigenvalue weighted by Crippen LogP contribution is 2.36. The molecular weight excluding hydrogens is 594 g/mol. The van der Waals surface area contributed by atoms with Crippen LogP contribution in [0, 0.1) is 0 Å². The Balaban J connectivity index is 1.77. The van der Waals surface area contributed by atoms with Crippen LogP contribution in [0.2, 0.25) is 0 Å². The average molecular weight is 638 g/mol. The minimum absolute atomic E-state index is 0.00380. The number of nitrogens with one attached hydrogen (secondary N) is 1. The van der Waals surface area contributed by atoms with Crippen LogP contribution in [0.4, 0.5) is 5.69 Å². The number of hydrogen-bond donors (Lipinski definition) is 1. The second kappa shape index (κ2) is 15.7. The van der Waals surface area contributed by atoms with Gasteiger partial charge in [-0.1, -0.05) is 56.5 Å². The Hall–Kier alpha value is -4.25. The van der Waals surface area contributed by atoms with Gasteiger partial charge in [0, 0.05) is 18.7 Å². The van der Waals surface area contributed by atoms with Crippen molar-refractivity contribution in [1.82, 2.24) is 10.2 Å². The number of benzene rings is 3. The van der Waals surface area contributed by atoms with Gasteiger partial charge in [-0.2, -0.15) is 0 Å². The van der Waals surface area contributed by atoms with Crippen molar-refractivity contribution in [1.29, 1.82) is 0 Å². The summed E-state index contributed by atoms with van der Waals surface area (Å²) in [5.74, 6) is 0.432. The number of nitrogens with zero attached hydrogens (tertiary/aromatic N) is 2. The average Bonchev–Trinajstić information content (AvgIpc) is 3.07. The third kappa shape index (κ3) is 8.27. The Morgan fingerprint density at radius 2 is 1.56 bits per heavy atom. The Labute approximate surface area is 266 Å². The summed E-state index contributed by atoms with van der Waals surface area (Å²) in [5, 5.41) is 3.16. The van der Waals surface area contributed by atoms with Gasteiger partial charge >= 0.3 is 0 Å². The minimum atomic E-state index is -4.27. The summed E-state index contributed by atoms with van der Waals surface area (Å²) in [6.07, 6.45) is 5.35. The van der Waals surface area contributed by atoms with Gasteiger partial charge in [-0.05, 0) is 61.2 Å². The van der Waals surface area contributed by atoms with E-state index in [1.807, 2.05) is 19.1 Å². The number of ether oxygens (including phenoxy) is 3. The molecule has 0 bridgehead atoms. The fourth-order valence-electron chi connectivity index (χ4n) is 5.66. The second-order valence-electron chi connectivity index (χ2n) is 11.0. The fraction of sp³-hybridized carbons (Fsp3) is 0.412. The smallest absolute Gasteiger partial charge is 0.264 e. The van der Waals surface area contributed by atoms with E-state index < -0.39 is 28.5 Å². The van der Waals surface area contributed by atoms with Crippen molar-refractivity contribution in [3.05, 3.63) is 78.4 Å². The molecule has 0 saturated heterocycles. The van der Waals surface area contributed by atoms with E-state index in [2.05, 4.69) is 5.32 Å². The van der Waals surface area contributed by atoms with Crippen molar-refractivity contribution in [2.45, 2.75) is 69.0 Å². The molecule has 0 spiro atoms. The normalized spacial score (nSPS) is 14.2. The Morgan fingerprint density at radius 1 is 0.867 bits per heavy atom. The highest BCUT2D eigenvalue weighted by atomic mass is 32.2. The van der Waals surface area contributed by atoms with Crippen molar-refractivity contribution in [2.24, 2.45) is 0 Å². The first-order valence-corrected chi connectivity index (χ1v) is 16.7. The van der Waals surface area contributed by atoms with E-state index >= 15 is 0 Å². The van der Waals surface area contributed by atoms with Gasteiger partial charge in [-0.15, -0.1) is 0 Å². The van der Waals surface area contributed by atoms with Gasteiger partial charge in [0.25, 0.3) is 10.0 Å². The lowest BCUT2D eigenvalue weighted by atomic mass is 9.95. The third-order valence-corrected chi connectivity index (χ3v) is 9.86. The Bertz CT molecular complexity index is 1540. The number of anilines is 1. The number of rotatable bonds is 14. The van der Waals surface area contributed by atoms with Crippen LogP contribution in [0.3, 0.4) is 0 Å². The van der Waals surface area contributed by atoms with Crippen LogP contribution < -0.4 is 23.8 Å². The quantitative estimate of drug-likeness (QED) is 0.260. The number of carbonyl (C=O) groups excluding carboxylic acids is 2. The van der Waals surface area contributed by atoms with Gasteiger partial charge in [0.05, 0.1) is 31.9 Å². The summed E-state index contributed by atoms with van der Waals surface area (Å²) in [7, 11) is 0.189. The lowest BCUT2D eigenvalue weighted by Crippen LogP contribution is -2.54. The maximum absolute atomic E-state index is 14.5. The summed E-state index contributed by atoms with van der Waals surface area (Å²) >= 11 is 0. The maximum Gasteiger partial charge on any atom is 0.264 e. The molecule has 4 rings (SSSR count). The maximum atomic E-state index is 14.5. The third-order valence-electron chi connectivity index (χ3n) is 8.09. The van der Waals surface area contributed by atoms with Gasteiger partial charge in [0.15, 0.2) is 0 Å². The summed E-state index contributed by atoms with van der Waals surface area (Å²) in [6, 6.07) is 19.1. The highest BCUT2D eigenvalue weighted by molar-refractivity contribution is 7.92. The molecule has 11 heteroatoms. The molecule has 1 aliphatic rings. The molecule has 0 radical (unpaired) electrons. The lowest BCUT2D eigenvalue weighted by Gasteiger charge is -2.34. The monoisotopic (exact) mass is 637 g/mol. The van der Waals surface area contributed by atoms with Crippen LogP contribution in [-0.2, 0) is 26.2 Å². The number of methoxy groups -OCH3 is 3. The van der Waals surface area contributed by atoms with Crippen LogP contribution in [-0.4, -0.2) is 65.1 Å². The van der Waals surface area contributed by atoms with E-state index in [-0.39, 0.29) is 34.8 Å². The van der Waals surface area contributed by atoms with Crippen LogP contribution in [0.25, 0.3) is 0 Å². The van der Waals surface area contributed by atoms with Gasteiger partial charge in [0.2, 0.25) is 11.8 Å². The van der Waals surface area contributed by atoms with Crippen molar-refractivity contribution < 1.29 is 32.2 Å². The first kappa shape index (κ1) is 33.6. The number of carbonyl (C=O) groups is 2. The predicted molar refractivity (Wildman–Crippen MR) is 173 cm³/mol. The molecule has 0 unspecified atom stereocenters. The van der Waals surface area contributed by atoms with Gasteiger partial charge < -0.3 is 24.4 Å². The molecule has 1 aliphatic carbocycles. The molecule has 1 N–H and O–H groups in total. The zero-order valence-corrected chi connectivity index (χ0v) is 27.2. The molecular formula is C34H43N3O7S. The minimum Gasteiger partial charge on any atom is -0.497 e. The summed E-state index contributed by atoms with van der Waals surface area (Å²) in [6.45, 7) is 1.33. The number of sulfonamides is 1. The molecule has 1 fully saturated rings. The van der Waals surface area contributed by atoms with Crippen LogP contribution in [0.5, 0.6) is 17.2 Å². The molecule has 10 nitrogen and oxygen atoms in total. The van der Waals surface area contributed by atoms with Crippen molar-refractivity contribution in [3.8, 4) is 17.2 Å². The fourth-order valence-corrected chi connectivity index (χ4v) is 7.09. The van der Waals surface area contributed by atoms with E-state index in [0.717, 1.165) is 42.0 Å². The Morgan fingerprint density at radius 3 is 2.20 bits per heavy atom. The number of hydrogen-bond acceptors (Lipinski definition) is 7. The van der Waals surface area contributed by atoms with Crippen molar-refractivity contribution in [3.63, 3.8) is 0 Å². The summed E-state index contributed by atoms with van der Waals surface area (Å²) < 4.78 is 45.8. The van der Waals surface area contributed by atoms with Gasteiger partial charge in [-0.3, -0.25) is 13.9 Å². The first-order valence-electron chi connectivity index (χ1n) is 15.2. The second-order valence-corrected chi connectivity index (χ2v) is 12.9. The van der Waals surface area contributed by atoms with Crippen LogP contribution in [0.15, 0.2) is 77.7 Å². The number of amides is 2. The molecule has 1 saturated carbocycles. The van der Waals surface area contributed by atoms with Crippen molar-refractivity contribution >= 4 is 27.5 Å². The summed E-state index contributed by atoms with van der Waals surface area (Å²) in [5.41, 5.74) is 0.873. The largest absolute Gasteiger partial charge is 0.497 e. The van der Waals surface area contributed by atoms with E-state index in [0.29, 0.717) is 17.9 Å². The van der Waals surface area contributed by atoms with Crippen LogP contribution >= 0.6 is 0 Å². The first-order chi connectivity index (χ1) is 21.7. The zero-order chi connectivity index (χ0) is 32.4. The summed E-state index contributed by atoms with van der Waals surface area (Å²) in [4.78, 5) is 29.7. The van der Waals surface area contributed by atoms with E-state index in [1.54, 1.807) is 49.6 Å². The van der Waals surface area contributed by atoms with E-state index in [9.17, 15) is 18.0 Å². The van der Waals surface area contributed by atoms with E-state index in [4.69, 9.17) is 14.2 Å². The molecule has 3 aromatic rings. The molecule has 1 atom stereocenters. The lowest BCUT2D eigenvalue weighted by molar-refractivity contribution is -0.140. The predicted octanol–water partition coefficient (Wildman–Crippen LogP) is 5.16. The molecule has 242 valence electrons. The topological polar surface area (TPSA) is 114 Å². The standard InChI is InChI=1S/C34H43N3O7S/c1-5-30(34(39)35-26-14-8-6-9-15-26)36(23-25-13-12-16-27(21-25)42-2)33(38)24-37(45(40,41)29-17-10-7-11-18-29)31-22-28(43-3)19-20-32(31)44-4/h7,10-13,16-22,26,30H,5-6,8-9,14-15,23-24H2,1-4H3,(H,35,39)/t30-/m0/s1. The molecule has 3 aromatic carbocycles. The van der Waals surface area contributed by atoms with Crippen molar-refractivity contribution in [2.75, 3.05) is 32.2 Å².